The van der Waals surface area contributed by atoms with E-state index in [1.807, 2.05) is 6.07 Å². The number of nitrogen functional groups attached to an aromatic ring is 1. The number of rotatable bonds is 4. The lowest BCUT2D eigenvalue weighted by atomic mass is 9.95. The number of aromatic carboxylic acids is 1. The van der Waals surface area contributed by atoms with Gasteiger partial charge in [-0.2, -0.15) is 0 Å². The topological polar surface area (TPSA) is 69.8 Å². The largest absolute Gasteiger partial charge is 0.478 e. The van der Waals surface area contributed by atoms with Crippen molar-refractivity contribution in [2.45, 2.75) is 12.8 Å². The van der Waals surface area contributed by atoms with E-state index < -0.39 is 5.97 Å². The molecule has 20 heavy (non-hydrogen) atoms. The molecule has 0 atom stereocenters. The summed E-state index contributed by atoms with van der Waals surface area (Å²) in [6.07, 6.45) is 2.20. The summed E-state index contributed by atoms with van der Waals surface area (Å²) in [6.45, 7) is 2.91. The van der Waals surface area contributed by atoms with E-state index in [0.717, 1.165) is 38.2 Å². The third-order valence-corrected chi connectivity index (χ3v) is 3.83. The molecular formula is C15H23N3O2. The van der Waals surface area contributed by atoms with Crippen molar-refractivity contribution in [3.8, 4) is 0 Å². The first-order valence-corrected chi connectivity index (χ1v) is 7.00. The number of piperidine rings is 1. The van der Waals surface area contributed by atoms with Gasteiger partial charge in [0.2, 0.25) is 0 Å². The second kappa shape index (κ2) is 6.13. The van der Waals surface area contributed by atoms with Crippen LogP contribution in [0.1, 0.15) is 23.2 Å². The Balaban J connectivity index is 2.09. The molecule has 1 fully saturated rings. The summed E-state index contributed by atoms with van der Waals surface area (Å²) in [6, 6.07) is 5.14. The van der Waals surface area contributed by atoms with Crippen molar-refractivity contribution in [3.63, 3.8) is 0 Å². The molecule has 0 aliphatic carbocycles. The number of anilines is 2. The van der Waals surface area contributed by atoms with Gasteiger partial charge in [0.05, 0.1) is 11.3 Å². The Morgan fingerprint density at radius 1 is 1.40 bits per heavy atom. The molecule has 110 valence electrons. The van der Waals surface area contributed by atoms with Crippen LogP contribution in [-0.4, -0.2) is 49.7 Å². The van der Waals surface area contributed by atoms with Crippen LogP contribution in [0.4, 0.5) is 11.4 Å². The van der Waals surface area contributed by atoms with E-state index in [2.05, 4.69) is 23.9 Å². The molecule has 0 unspecified atom stereocenters. The molecule has 0 radical (unpaired) electrons. The van der Waals surface area contributed by atoms with Crippen LogP contribution in [0.2, 0.25) is 0 Å². The van der Waals surface area contributed by atoms with Gasteiger partial charge < -0.3 is 20.6 Å². The van der Waals surface area contributed by atoms with Crippen LogP contribution < -0.4 is 10.6 Å². The maximum Gasteiger partial charge on any atom is 0.337 e. The van der Waals surface area contributed by atoms with Crippen LogP contribution in [0, 0.1) is 5.92 Å². The summed E-state index contributed by atoms with van der Waals surface area (Å²) in [4.78, 5) is 15.7. The smallest absolute Gasteiger partial charge is 0.337 e. The van der Waals surface area contributed by atoms with Crippen molar-refractivity contribution >= 4 is 17.3 Å². The fraction of sp³-hybridized carbons (Fsp3) is 0.533. The Hall–Kier alpha value is -1.75. The van der Waals surface area contributed by atoms with Crippen molar-refractivity contribution in [3.05, 3.63) is 23.8 Å². The van der Waals surface area contributed by atoms with Crippen molar-refractivity contribution < 1.29 is 9.90 Å². The minimum absolute atomic E-state index is 0.302. The molecule has 2 rings (SSSR count). The zero-order chi connectivity index (χ0) is 14.7. The van der Waals surface area contributed by atoms with Gasteiger partial charge in [-0.15, -0.1) is 0 Å². The summed E-state index contributed by atoms with van der Waals surface area (Å²) in [5, 5.41) is 9.30. The van der Waals surface area contributed by atoms with E-state index in [9.17, 15) is 9.90 Å². The van der Waals surface area contributed by atoms with Crippen molar-refractivity contribution in [2.75, 3.05) is 44.4 Å². The highest BCUT2D eigenvalue weighted by Crippen LogP contribution is 2.28. The second-order valence-corrected chi connectivity index (χ2v) is 5.77. The van der Waals surface area contributed by atoms with Crippen molar-refractivity contribution in [2.24, 2.45) is 5.92 Å². The monoisotopic (exact) mass is 277 g/mol. The number of nitrogens with zero attached hydrogens (tertiary/aromatic N) is 2. The third-order valence-electron chi connectivity index (χ3n) is 3.83. The Bertz CT molecular complexity index is 480. The minimum Gasteiger partial charge on any atom is -0.478 e. The lowest BCUT2D eigenvalue weighted by molar-refractivity contribution is 0.0697. The number of benzene rings is 1. The summed E-state index contributed by atoms with van der Waals surface area (Å²) in [5.74, 6) is -0.217. The summed E-state index contributed by atoms with van der Waals surface area (Å²) in [5.41, 5.74) is 7.27. The van der Waals surface area contributed by atoms with E-state index >= 15 is 0 Å². The van der Waals surface area contributed by atoms with E-state index in [1.54, 1.807) is 12.1 Å². The first kappa shape index (κ1) is 14.7. The van der Waals surface area contributed by atoms with Crippen LogP contribution in [0.5, 0.6) is 0 Å². The third kappa shape index (κ3) is 3.42. The van der Waals surface area contributed by atoms with E-state index in [-0.39, 0.29) is 0 Å². The molecule has 1 aliphatic rings. The maximum absolute atomic E-state index is 11.3. The van der Waals surface area contributed by atoms with E-state index in [0.29, 0.717) is 17.2 Å². The normalized spacial score (nSPS) is 16.6. The van der Waals surface area contributed by atoms with Gasteiger partial charge in [-0.1, -0.05) is 0 Å². The molecule has 1 aromatic rings. The molecule has 1 heterocycles. The summed E-state index contributed by atoms with van der Waals surface area (Å²) >= 11 is 0. The van der Waals surface area contributed by atoms with Gasteiger partial charge in [0.25, 0.3) is 0 Å². The number of carboxylic acid groups (broad SMARTS) is 1. The standard InChI is InChI=1S/C15H23N3O2/c1-17(2)10-11-5-7-18(8-6-11)14-4-3-12(16)9-13(14)15(19)20/h3-4,9,11H,5-8,10,16H2,1-2H3,(H,19,20). The molecule has 0 bridgehead atoms. The van der Waals surface area contributed by atoms with Crippen molar-refractivity contribution in [1.29, 1.82) is 0 Å². The van der Waals surface area contributed by atoms with Crippen LogP contribution in [0.25, 0.3) is 0 Å². The number of nitrogens with two attached hydrogens (primary N) is 1. The maximum atomic E-state index is 11.3. The van der Waals surface area contributed by atoms with E-state index in [4.69, 9.17) is 5.73 Å². The Morgan fingerprint density at radius 3 is 2.60 bits per heavy atom. The molecule has 0 aromatic heterocycles. The lowest BCUT2D eigenvalue weighted by Gasteiger charge is -2.35. The van der Waals surface area contributed by atoms with Crippen LogP contribution in [0.15, 0.2) is 18.2 Å². The average Bonchev–Trinajstić information content (AvgIpc) is 2.39. The van der Waals surface area contributed by atoms with Gasteiger partial charge >= 0.3 is 5.97 Å². The van der Waals surface area contributed by atoms with Gasteiger partial charge in [0, 0.05) is 25.3 Å². The Labute approximate surface area is 120 Å². The number of carbonyl (C=O) groups is 1. The SMILES string of the molecule is CN(C)CC1CCN(c2ccc(N)cc2C(=O)O)CC1. The minimum atomic E-state index is -0.914. The molecule has 3 N–H and O–H groups in total. The zero-order valence-electron chi connectivity index (χ0n) is 12.2. The van der Waals surface area contributed by atoms with Crippen LogP contribution in [-0.2, 0) is 0 Å². The van der Waals surface area contributed by atoms with Crippen molar-refractivity contribution in [1.82, 2.24) is 4.90 Å². The molecule has 1 saturated heterocycles. The first-order valence-electron chi connectivity index (χ1n) is 7.00. The Kier molecular flexibility index (Phi) is 4.49. The molecule has 0 amide bonds. The van der Waals surface area contributed by atoms with Gasteiger partial charge in [-0.05, 0) is 51.1 Å². The Morgan fingerprint density at radius 2 is 2.05 bits per heavy atom. The van der Waals surface area contributed by atoms with Gasteiger partial charge in [-0.25, -0.2) is 4.79 Å². The molecular weight excluding hydrogens is 254 g/mol. The van der Waals surface area contributed by atoms with Crippen LogP contribution in [0.3, 0.4) is 0 Å². The van der Waals surface area contributed by atoms with Gasteiger partial charge in [0.1, 0.15) is 0 Å². The van der Waals surface area contributed by atoms with E-state index in [1.165, 1.54) is 0 Å². The fourth-order valence-electron chi connectivity index (χ4n) is 2.87. The molecule has 5 heteroatoms. The average molecular weight is 277 g/mol. The highest BCUT2D eigenvalue weighted by molar-refractivity contribution is 5.95. The summed E-state index contributed by atoms with van der Waals surface area (Å²) < 4.78 is 0. The predicted molar refractivity (Wildman–Crippen MR) is 81.3 cm³/mol. The molecule has 1 aliphatic heterocycles. The summed E-state index contributed by atoms with van der Waals surface area (Å²) in [7, 11) is 4.18. The molecule has 0 saturated carbocycles. The fourth-order valence-corrected chi connectivity index (χ4v) is 2.87. The molecule has 0 spiro atoms. The van der Waals surface area contributed by atoms with Gasteiger partial charge in [-0.3, -0.25) is 0 Å². The molecule has 5 nitrogen and oxygen atoms in total. The molecule has 1 aromatic carbocycles. The highest BCUT2D eigenvalue weighted by Gasteiger charge is 2.23. The lowest BCUT2D eigenvalue weighted by Crippen LogP contribution is -2.37. The predicted octanol–water partition coefficient (Wildman–Crippen LogP) is 1.74. The first-order chi connectivity index (χ1) is 9.47. The number of carboxylic acids is 1. The number of hydrogen-bond donors (Lipinski definition) is 2. The van der Waals surface area contributed by atoms with Crippen LogP contribution >= 0.6 is 0 Å². The van der Waals surface area contributed by atoms with Gasteiger partial charge in [0.15, 0.2) is 0 Å². The number of hydrogen-bond acceptors (Lipinski definition) is 4. The second-order valence-electron chi connectivity index (χ2n) is 5.77. The zero-order valence-corrected chi connectivity index (χ0v) is 12.2. The highest BCUT2D eigenvalue weighted by atomic mass is 16.4. The quantitative estimate of drug-likeness (QED) is 0.820.